The minimum absolute atomic E-state index is 0.0686. The van der Waals surface area contributed by atoms with Gasteiger partial charge >= 0.3 is 5.97 Å². The summed E-state index contributed by atoms with van der Waals surface area (Å²) in [4.78, 5) is 24.6. The maximum atomic E-state index is 13.3. The van der Waals surface area contributed by atoms with Crippen molar-refractivity contribution in [1.82, 2.24) is 4.31 Å². The van der Waals surface area contributed by atoms with Crippen LogP contribution in [-0.2, 0) is 24.3 Å². The molecule has 1 saturated heterocycles. The number of aryl methyl sites for hydroxylation is 2. The summed E-state index contributed by atoms with van der Waals surface area (Å²) >= 11 is 0. The minimum Gasteiger partial charge on any atom is -0.457 e. The second kappa shape index (κ2) is 9.62. The van der Waals surface area contributed by atoms with E-state index in [2.05, 4.69) is 0 Å². The van der Waals surface area contributed by atoms with Gasteiger partial charge < -0.3 is 10.5 Å². The summed E-state index contributed by atoms with van der Waals surface area (Å²) in [5, 5.41) is 8.94. The Bertz CT molecular complexity index is 1050. The van der Waals surface area contributed by atoms with E-state index in [0.29, 0.717) is 17.7 Å². The number of esters is 1. The topological polar surface area (TPSA) is 131 Å². The van der Waals surface area contributed by atoms with Gasteiger partial charge in [-0.25, -0.2) is 8.42 Å². The van der Waals surface area contributed by atoms with Crippen molar-refractivity contribution in [2.45, 2.75) is 52.4 Å². The molecule has 1 aromatic carbocycles. The Morgan fingerprint density at radius 1 is 1.16 bits per heavy atom. The van der Waals surface area contributed by atoms with Gasteiger partial charge in [0, 0.05) is 18.8 Å². The summed E-state index contributed by atoms with van der Waals surface area (Å²) in [5.74, 6) is -1.73. The van der Waals surface area contributed by atoms with Crippen LogP contribution >= 0.6 is 0 Å². The number of benzene rings is 1. The standard InChI is InChI=1S/C22H29N3O5S/c1-13-10-14(2)16(4)21(15(13)3)31(28,29)25-8-6-18(7-9-25)22(27)30-12-20(26)19(11-23)17(5)24/h10,18H,6-9,12,24H2,1-5H3. The number of nitriles is 1. The molecule has 2 N–H and O–H groups in total. The third-order valence-corrected chi connectivity index (χ3v) is 7.99. The van der Waals surface area contributed by atoms with Crippen molar-refractivity contribution in [3.63, 3.8) is 0 Å². The quantitative estimate of drug-likeness (QED) is 0.402. The third-order valence-electron chi connectivity index (χ3n) is 5.81. The molecule has 31 heavy (non-hydrogen) atoms. The maximum absolute atomic E-state index is 13.3. The van der Waals surface area contributed by atoms with Gasteiger partial charge in [-0.3, -0.25) is 9.59 Å². The van der Waals surface area contributed by atoms with Gasteiger partial charge in [-0.1, -0.05) is 6.07 Å². The molecule has 0 saturated carbocycles. The van der Waals surface area contributed by atoms with E-state index < -0.39 is 34.3 Å². The van der Waals surface area contributed by atoms with E-state index in [1.54, 1.807) is 6.07 Å². The average Bonchev–Trinajstić information content (AvgIpc) is 2.71. The molecular formula is C22H29N3O5S. The van der Waals surface area contributed by atoms with Crippen LogP contribution in [0.5, 0.6) is 0 Å². The highest BCUT2D eigenvalue weighted by Gasteiger charge is 2.35. The summed E-state index contributed by atoms with van der Waals surface area (Å²) in [5.41, 5.74) is 8.63. The molecule has 0 unspecified atom stereocenters. The fourth-order valence-corrected chi connectivity index (χ4v) is 5.77. The first kappa shape index (κ1) is 24.6. The number of carbonyl (C=O) groups is 2. The zero-order chi connectivity index (χ0) is 23.5. The number of sulfonamides is 1. The second-order valence-corrected chi connectivity index (χ2v) is 9.84. The lowest BCUT2D eigenvalue weighted by Crippen LogP contribution is -2.41. The smallest absolute Gasteiger partial charge is 0.309 e. The van der Waals surface area contributed by atoms with Crippen LogP contribution in [0.4, 0.5) is 0 Å². The molecule has 168 valence electrons. The number of hydrogen-bond donors (Lipinski definition) is 1. The monoisotopic (exact) mass is 447 g/mol. The van der Waals surface area contributed by atoms with Gasteiger partial charge in [-0.05, 0) is 69.7 Å². The first-order valence-corrected chi connectivity index (χ1v) is 11.5. The molecule has 2 rings (SSSR count). The number of nitrogens with zero attached hydrogens (tertiary/aromatic N) is 2. The Kier molecular flexibility index (Phi) is 7.63. The largest absolute Gasteiger partial charge is 0.457 e. The van der Waals surface area contributed by atoms with Gasteiger partial charge in [0.25, 0.3) is 0 Å². The third kappa shape index (κ3) is 5.14. The van der Waals surface area contributed by atoms with Crippen LogP contribution in [0.1, 0.15) is 42.0 Å². The zero-order valence-electron chi connectivity index (χ0n) is 18.6. The van der Waals surface area contributed by atoms with Crippen molar-refractivity contribution in [3.05, 3.63) is 39.6 Å². The highest BCUT2D eigenvalue weighted by atomic mass is 32.2. The van der Waals surface area contributed by atoms with E-state index in [0.717, 1.165) is 22.3 Å². The van der Waals surface area contributed by atoms with E-state index in [4.69, 9.17) is 15.7 Å². The number of ketones is 1. The molecule has 1 aliphatic rings. The molecule has 0 radical (unpaired) electrons. The number of carbonyl (C=O) groups excluding carboxylic acids is 2. The van der Waals surface area contributed by atoms with E-state index in [-0.39, 0.29) is 24.4 Å². The molecule has 0 spiro atoms. The summed E-state index contributed by atoms with van der Waals surface area (Å²) < 4.78 is 33.1. The lowest BCUT2D eigenvalue weighted by Gasteiger charge is -2.31. The number of Topliss-reactive ketones (excluding diaryl/α,β-unsaturated/α-hetero) is 1. The zero-order valence-corrected chi connectivity index (χ0v) is 19.4. The SMILES string of the molecule is CC(N)=C(C#N)C(=O)COC(=O)C1CCN(S(=O)(=O)c2c(C)c(C)cc(C)c2C)CC1. The van der Waals surface area contributed by atoms with Crippen LogP contribution in [-0.4, -0.2) is 44.2 Å². The van der Waals surface area contributed by atoms with Crippen molar-refractivity contribution in [2.24, 2.45) is 11.7 Å². The Morgan fingerprint density at radius 3 is 2.13 bits per heavy atom. The first-order valence-electron chi connectivity index (χ1n) is 10.1. The van der Waals surface area contributed by atoms with Crippen LogP contribution in [0.15, 0.2) is 22.2 Å². The molecular weight excluding hydrogens is 418 g/mol. The summed E-state index contributed by atoms with van der Waals surface area (Å²) in [6.45, 7) is 8.64. The lowest BCUT2D eigenvalue weighted by atomic mass is 9.98. The van der Waals surface area contributed by atoms with Crippen molar-refractivity contribution in [1.29, 1.82) is 5.26 Å². The Balaban J connectivity index is 2.06. The van der Waals surface area contributed by atoms with Gasteiger partial charge in [0.15, 0.2) is 6.61 Å². The molecule has 0 bridgehead atoms. The van der Waals surface area contributed by atoms with Crippen molar-refractivity contribution in [3.8, 4) is 6.07 Å². The number of nitrogens with two attached hydrogens (primary N) is 1. The minimum atomic E-state index is -3.70. The molecule has 0 atom stereocenters. The first-order chi connectivity index (χ1) is 14.4. The maximum Gasteiger partial charge on any atom is 0.309 e. The average molecular weight is 448 g/mol. The van der Waals surface area contributed by atoms with Crippen molar-refractivity contribution >= 4 is 21.8 Å². The van der Waals surface area contributed by atoms with Crippen LogP contribution in [0.3, 0.4) is 0 Å². The number of piperidine rings is 1. The van der Waals surface area contributed by atoms with E-state index in [1.807, 2.05) is 33.8 Å². The van der Waals surface area contributed by atoms with Crippen molar-refractivity contribution < 1.29 is 22.7 Å². The molecule has 1 heterocycles. The second-order valence-electron chi connectivity index (χ2n) is 7.97. The summed E-state index contributed by atoms with van der Waals surface area (Å²) in [6, 6.07) is 3.68. The molecule has 1 aliphatic heterocycles. The molecule has 1 fully saturated rings. The van der Waals surface area contributed by atoms with Gasteiger partial charge in [0.05, 0.1) is 10.8 Å². The summed E-state index contributed by atoms with van der Waals surface area (Å²) in [7, 11) is -3.70. The molecule has 0 amide bonds. The molecule has 0 aliphatic carbocycles. The van der Waals surface area contributed by atoms with Crippen LogP contribution < -0.4 is 5.73 Å². The number of hydrogen-bond acceptors (Lipinski definition) is 7. The Hall–Kier alpha value is -2.70. The number of rotatable bonds is 6. The van der Waals surface area contributed by atoms with E-state index in [1.165, 1.54) is 11.2 Å². The number of allylic oxidation sites excluding steroid dienone is 1. The summed E-state index contributed by atoms with van der Waals surface area (Å²) in [6.07, 6.45) is 0.595. The van der Waals surface area contributed by atoms with Crippen molar-refractivity contribution in [2.75, 3.05) is 19.7 Å². The Morgan fingerprint density at radius 2 is 1.68 bits per heavy atom. The van der Waals surface area contributed by atoms with Crippen LogP contribution in [0.2, 0.25) is 0 Å². The van der Waals surface area contributed by atoms with Gasteiger partial charge in [0.2, 0.25) is 15.8 Å². The molecule has 9 heteroatoms. The molecule has 8 nitrogen and oxygen atoms in total. The fraction of sp³-hybridized carbons (Fsp3) is 0.500. The molecule has 1 aromatic rings. The normalized spacial score (nSPS) is 16.4. The van der Waals surface area contributed by atoms with E-state index >= 15 is 0 Å². The highest BCUT2D eigenvalue weighted by Crippen LogP contribution is 2.31. The van der Waals surface area contributed by atoms with Gasteiger partial charge in [0.1, 0.15) is 11.6 Å². The van der Waals surface area contributed by atoms with Gasteiger partial charge in [-0.2, -0.15) is 9.57 Å². The highest BCUT2D eigenvalue weighted by molar-refractivity contribution is 7.89. The van der Waals surface area contributed by atoms with Gasteiger partial charge in [-0.15, -0.1) is 0 Å². The van der Waals surface area contributed by atoms with Crippen LogP contribution in [0, 0.1) is 44.9 Å². The van der Waals surface area contributed by atoms with Crippen LogP contribution in [0.25, 0.3) is 0 Å². The predicted molar refractivity (Wildman–Crippen MR) is 115 cm³/mol. The Labute approximate surface area is 183 Å². The van der Waals surface area contributed by atoms with E-state index in [9.17, 15) is 18.0 Å². The fourth-order valence-electron chi connectivity index (χ4n) is 3.73. The lowest BCUT2D eigenvalue weighted by molar-refractivity contribution is -0.152. The number of ether oxygens (including phenoxy) is 1. The predicted octanol–water partition coefficient (Wildman–Crippen LogP) is 2.19. The molecule has 0 aromatic heterocycles.